The van der Waals surface area contributed by atoms with Gasteiger partial charge in [0.05, 0.1) is 0 Å². The Morgan fingerprint density at radius 3 is 1.60 bits per heavy atom. The number of fused-ring (bicyclic) bond motifs is 2. The molecule has 0 saturated heterocycles. The van der Waals surface area contributed by atoms with Crippen LogP contribution in [-0.4, -0.2) is 84.5 Å². The number of benzene rings is 3. The number of aryl methyl sites for hydroxylation is 2. The van der Waals surface area contributed by atoms with Crippen molar-refractivity contribution in [3.63, 3.8) is 0 Å². The van der Waals surface area contributed by atoms with Gasteiger partial charge in [0.1, 0.15) is 96.7 Å². The van der Waals surface area contributed by atoms with Gasteiger partial charge in [-0.1, -0.05) is 24.3 Å². The van der Waals surface area contributed by atoms with E-state index in [1.807, 2.05) is 0 Å². The number of aromatic hydroxyl groups is 1. The lowest BCUT2D eigenvalue weighted by molar-refractivity contribution is -0.392. The van der Waals surface area contributed by atoms with Crippen LogP contribution in [0.4, 0.5) is 11.6 Å². The first-order valence-corrected chi connectivity index (χ1v) is 19.3. The highest BCUT2D eigenvalue weighted by molar-refractivity contribution is 5.93. The summed E-state index contributed by atoms with van der Waals surface area (Å²) in [5.41, 5.74) is -1.77. The number of ether oxygens (including phenoxy) is 5. The molecule has 334 valence electrons. The molecule has 0 aliphatic carbocycles. The molecule has 1 N–H and O–H groups in total. The maximum atomic E-state index is 13.4. The van der Waals surface area contributed by atoms with Gasteiger partial charge in [0.2, 0.25) is 11.5 Å². The van der Waals surface area contributed by atoms with E-state index in [0.717, 1.165) is 24.5 Å². The van der Waals surface area contributed by atoms with Crippen LogP contribution in [0.15, 0.2) is 104 Å². The average molecular weight is 895 g/mol. The Hall–Kier alpha value is -8.89. The van der Waals surface area contributed by atoms with Gasteiger partial charge in [0.25, 0.3) is 0 Å². The van der Waals surface area contributed by atoms with Crippen LogP contribution in [0.2, 0.25) is 0 Å². The third-order valence-corrected chi connectivity index (χ3v) is 9.62. The summed E-state index contributed by atoms with van der Waals surface area (Å²) in [5.74, 6) is -4.36. The molecule has 4 heterocycles. The summed E-state index contributed by atoms with van der Waals surface area (Å²) in [6.45, 7) is 1.33. The maximum absolute atomic E-state index is 13.4. The second-order valence-corrected chi connectivity index (χ2v) is 13.8. The maximum Gasteiger partial charge on any atom is 0.374 e. The van der Waals surface area contributed by atoms with Gasteiger partial charge < -0.3 is 57.9 Å². The van der Waals surface area contributed by atoms with E-state index in [1.54, 1.807) is 13.8 Å². The van der Waals surface area contributed by atoms with Crippen LogP contribution < -0.4 is 20.3 Å². The van der Waals surface area contributed by atoms with E-state index in [9.17, 15) is 49.3 Å². The molecule has 0 aliphatic heterocycles. The second kappa shape index (κ2) is 19.0. The number of hydrogen-bond donors (Lipinski definition) is 1. The predicted molar refractivity (Wildman–Crippen MR) is 221 cm³/mol. The molecule has 0 saturated carbocycles. The van der Waals surface area contributed by atoms with Crippen LogP contribution in [0.5, 0.6) is 17.2 Å². The lowest BCUT2D eigenvalue weighted by atomic mass is 10.2. The first-order chi connectivity index (χ1) is 31.2. The summed E-state index contributed by atoms with van der Waals surface area (Å²) in [6, 6.07) is 15.9. The van der Waals surface area contributed by atoms with Crippen molar-refractivity contribution in [3.8, 4) is 17.2 Å². The van der Waals surface area contributed by atoms with Gasteiger partial charge in [0, 0.05) is 26.0 Å². The summed E-state index contributed by atoms with van der Waals surface area (Å²) < 4.78 is 41.9. The Bertz CT molecular complexity index is 2940. The minimum absolute atomic E-state index is 0.0497. The molecule has 0 atom stereocenters. The van der Waals surface area contributed by atoms with Gasteiger partial charge >= 0.3 is 29.5 Å². The number of esters is 3. The van der Waals surface area contributed by atoms with Gasteiger partial charge in [-0.3, -0.25) is 9.59 Å². The average Bonchev–Trinajstić information content (AvgIpc) is 3.85. The predicted octanol–water partition coefficient (Wildman–Crippen LogP) is 4.83. The van der Waals surface area contributed by atoms with E-state index < -0.39 is 69.5 Å². The molecule has 65 heavy (non-hydrogen) atoms. The number of hydrogen-bond acceptors (Lipinski definition) is 19. The molecule has 3 aromatic carbocycles. The zero-order valence-electron chi connectivity index (χ0n) is 34.1. The molecule has 7 rings (SSSR count). The van der Waals surface area contributed by atoms with Crippen LogP contribution >= 0.6 is 0 Å². The van der Waals surface area contributed by atoms with E-state index in [2.05, 4.69) is 9.97 Å². The number of para-hydroxylation sites is 1. The SMILES string of the molecule is Cc1ncc([N+](=O)[O-])n1CCOC(=O)c1cc(=O)c2c(OCC(COc3cccc4oc(C(=O)OCCn5c([N+](=O)[O-])cnc5C)cc(=O)c34)OC(=O)c3ccccc3O)cccc2o1. The number of carbonyl (C=O) groups excluding carboxylic acids is 3. The van der Waals surface area contributed by atoms with Crippen molar-refractivity contribution in [2.24, 2.45) is 0 Å². The monoisotopic (exact) mass is 894 g/mol. The Kier molecular flexibility index (Phi) is 12.9. The molecule has 0 aliphatic rings. The summed E-state index contributed by atoms with van der Waals surface area (Å²) >= 11 is 0. The second-order valence-electron chi connectivity index (χ2n) is 13.8. The molecule has 0 amide bonds. The minimum atomic E-state index is -1.29. The largest absolute Gasteiger partial charge is 0.507 e. The fourth-order valence-corrected chi connectivity index (χ4v) is 6.50. The summed E-state index contributed by atoms with van der Waals surface area (Å²) in [4.78, 5) is 94.9. The first-order valence-electron chi connectivity index (χ1n) is 19.3. The van der Waals surface area contributed by atoms with E-state index in [-0.39, 0.29) is 82.7 Å². The number of nitro groups is 2. The summed E-state index contributed by atoms with van der Waals surface area (Å²) in [6.07, 6.45) is 0.858. The van der Waals surface area contributed by atoms with Gasteiger partial charge in [0.15, 0.2) is 28.6 Å². The Balaban J connectivity index is 1.06. The summed E-state index contributed by atoms with van der Waals surface area (Å²) in [5, 5.41) is 32.7. The zero-order chi connectivity index (χ0) is 46.4. The lowest BCUT2D eigenvalue weighted by Gasteiger charge is -2.20. The Morgan fingerprint density at radius 1 is 0.692 bits per heavy atom. The molecule has 0 unspecified atom stereocenters. The highest BCUT2D eigenvalue weighted by Gasteiger charge is 2.25. The van der Waals surface area contributed by atoms with E-state index in [1.165, 1.54) is 69.8 Å². The number of nitrogens with zero attached hydrogens (tertiary/aromatic N) is 6. The molecular formula is C42H34N6O17. The van der Waals surface area contributed by atoms with E-state index in [4.69, 9.17) is 32.5 Å². The van der Waals surface area contributed by atoms with Gasteiger partial charge in [-0.2, -0.15) is 0 Å². The Morgan fingerprint density at radius 2 is 1.15 bits per heavy atom. The van der Waals surface area contributed by atoms with E-state index >= 15 is 0 Å². The number of imidazole rings is 2. The van der Waals surface area contributed by atoms with Crippen molar-refractivity contribution < 1.29 is 61.9 Å². The van der Waals surface area contributed by atoms with Crippen LogP contribution in [0.1, 0.15) is 43.1 Å². The van der Waals surface area contributed by atoms with Crippen molar-refractivity contribution in [2.45, 2.75) is 33.0 Å². The standard InChI is InChI=1S/C42H34N6O17/c1-23-43-19-36(47(55)56)45(23)13-15-59-41(53)34-17-28(50)38-30(9-5-11-32(38)64-34)61-21-25(63-40(52)26-7-3-4-8-27(26)49)22-62-31-10-6-12-33-39(31)29(51)18-35(65-33)42(54)60-16-14-46-24(2)44-20-37(46)48(57)58/h3-12,17-20,25,49H,13-16,21-22H2,1-2H3. The number of phenolic OH excluding ortho intramolecular Hbond substituents is 1. The molecule has 0 spiro atoms. The van der Waals surface area contributed by atoms with Crippen molar-refractivity contribution in [2.75, 3.05) is 26.4 Å². The molecule has 7 aromatic rings. The molecule has 23 nitrogen and oxygen atoms in total. The van der Waals surface area contributed by atoms with Crippen LogP contribution in [0.3, 0.4) is 0 Å². The highest BCUT2D eigenvalue weighted by Crippen LogP contribution is 2.27. The Labute approximate surface area is 363 Å². The molecule has 0 radical (unpaired) electrons. The van der Waals surface area contributed by atoms with Gasteiger partial charge in [-0.25, -0.2) is 33.5 Å². The quantitative estimate of drug-likeness (QED) is 0.0522. The fraction of sp³-hybridized carbons (Fsp3) is 0.214. The first kappa shape index (κ1) is 44.2. The number of carbonyl (C=O) groups is 3. The molecular weight excluding hydrogens is 860 g/mol. The van der Waals surface area contributed by atoms with Crippen molar-refractivity contribution in [1.82, 2.24) is 19.1 Å². The van der Waals surface area contributed by atoms with Crippen LogP contribution in [0, 0.1) is 34.1 Å². The van der Waals surface area contributed by atoms with Gasteiger partial charge in [-0.05, 0) is 46.2 Å². The van der Waals surface area contributed by atoms with E-state index in [0.29, 0.717) is 11.6 Å². The minimum Gasteiger partial charge on any atom is -0.507 e. The summed E-state index contributed by atoms with van der Waals surface area (Å²) in [7, 11) is 0. The molecule has 0 fully saturated rings. The number of aromatic nitrogens is 4. The van der Waals surface area contributed by atoms with Crippen molar-refractivity contribution in [1.29, 1.82) is 0 Å². The third kappa shape index (κ3) is 9.77. The van der Waals surface area contributed by atoms with Crippen molar-refractivity contribution >= 4 is 51.5 Å². The number of rotatable bonds is 18. The van der Waals surface area contributed by atoms with Gasteiger partial charge in [-0.15, -0.1) is 0 Å². The normalized spacial score (nSPS) is 11.1. The smallest absolute Gasteiger partial charge is 0.374 e. The van der Waals surface area contributed by atoms with Crippen molar-refractivity contribution in [3.05, 3.63) is 155 Å². The molecule has 4 aromatic heterocycles. The number of phenols is 1. The zero-order valence-corrected chi connectivity index (χ0v) is 34.1. The topological polar surface area (TPSA) is 300 Å². The molecule has 23 heteroatoms. The van der Waals surface area contributed by atoms with Crippen LogP contribution in [-0.2, 0) is 27.3 Å². The molecule has 0 bridgehead atoms. The fourth-order valence-electron chi connectivity index (χ4n) is 6.50. The highest BCUT2D eigenvalue weighted by atomic mass is 16.6. The lowest BCUT2D eigenvalue weighted by Crippen LogP contribution is -2.31. The third-order valence-electron chi connectivity index (χ3n) is 9.62. The van der Waals surface area contributed by atoms with Crippen LogP contribution in [0.25, 0.3) is 21.9 Å².